The van der Waals surface area contributed by atoms with Crippen molar-refractivity contribution in [3.05, 3.63) is 34.1 Å². The number of hydrogen-bond acceptors (Lipinski definition) is 4. The molecule has 1 aromatic carbocycles. The van der Waals surface area contributed by atoms with Crippen molar-refractivity contribution in [2.75, 3.05) is 0 Å². The summed E-state index contributed by atoms with van der Waals surface area (Å²) >= 11 is 2.91. The second-order valence-corrected chi connectivity index (χ2v) is 5.68. The summed E-state index contributed by atoms with van der Waals surface area (Å²) in [5.41, 5.74) is -0.472. The van der Waals surface area contributed by atoms with Crippen LogP contribution < -0.4 is 5.32 Å². The van der Waals surface area contributed by atoms with E-state index in [1.54, 1.807) is 0 Å². The maximum Gasteiger partial charge on any atom is 0.417 e. The average molecular weight is 362 g/mol. The Balaban J connectivity index is 1.91. The molecule has 0 spiro atoms. The van der Waals surface area contributed by atoms with Crippen molar-refractivity contribution in [1.82, 2.24) is 25.5 Å². The highest BCUT2D eigenvalue weighted by Crippen LogP contribution is 2.36. The molecule has 0 aliphatic heterocycles. The van der Waals surface area contributed by atoms with Gasteiger partial charge in [0.2, 0.25) is 0 Å². The number of hydrogen-bond donors (Lipinski definition) is 1. The highest BCUT2D eigenvalue weighted by molar-refractivity contribution is 9.10. The zero-order valence-electron chi connectivity index (χ0n) is 10.7. The van der Waals surface area contributed by atoms with Crippen molar-refractivity contribution in [3.63, 3.8) is 0 Å². The fourth-order valence-electron chi connectivity index (χ4n) is 1.90. The van der Waals surface area contributed by atoms with Crippen LogP contribution in [0.5, 0.6) is 0 Å². The van der Waals surface area contributed by atoms with Crippen molar-refractivity contribution in [3.8, 4) is 5.69 Å². The fourth-order valence-corrected chi connectivity index (χ4v) is 2.37. The van der Waals surface area contributed by atoms with Gasteiger partial charge in [0, 0.05) is 10.5 Å². The number of aromatic nitrogens is 4. The van der Waals surface area contributed by atoms with Crippen molar-refractivity contribution < 1.29 is 13.2 Å². The minimum absolute atomic E-state index is 0.00974. The van der Waals surface area contributed by atoms with Crippen LogP contribution in [0.1, 0.15) is 24.2 Å². The lowest BCUT2D eigenvalue weighted by atomic mass is 10.2. The number of nitrogens with one attached hydrogen (secondary N) is 1. The Morgan fingerprint density at radius 2 is 2.10 bits per heavy atom. The Labute approximate surface area is 126 Å². The van der Waals surface area contributed by atoms with E-state index in [2.05, 4.69) is 36.8 Å². The lowest BCUT2D eigenvalue weighted by Gasteiger charge is -2.11. The minimum Gasteiger partial charge on any atom is -0.307 e. The SMILES string of the molecule is FC(F)(F)c1cc(-n2nnnc2CNC2CC2)ccc1Br. The van der Waals surface area contributed by atoms with Gasteiger partial charge in [-0.2, -0.15) is 17.9 Å². The first kappa shape index (κ1) is 14.5. The van der Waals surface area contributed by atoms with Crippen LogP contribution in [-0.2, 0) is 12.7 Å². The van der Waals surface area contributed by atoms with Gasteiger partial charge in [-0.3, -0.25) is 0 Å². The second kappa shape index (κ2) is 5.38. The molecule has 9 heteroatoms. The van der Waals surface area contributed by atoms with Gasteiger partial charge in [-0.05, 0) is 41.5 Å². The molecule has 5 nitrogen and oxygen atoms in total. The molecule has 0 amide bonds. The normalized spacial score (nSPS) is 15.4. The Morgan fingerprint density at radius 3 is 2.76 bits per heavy atom. The Hall–Kier alpha value is -1.48. The highest BCUT2D eigenvalue weighted by atomic mass is 79.9. The van der Waals surface area contributed by atoms with Gasteiger partial charge >= 0.3 is 6.18 Å². The van der Waals surface area contributed by atoms with E-state index < -0.39 is 11.7 Å². The van der Waals surface area contributed by atoms with E-state index in [9.17, 15) is 13.2 Å². The molecular weight excluding hydrogens is 351 g/mol. The van der Waals surface area contributed by atoms with Gasteiger partial charge < -0.3 is 5.32 Å². The van der Waals surface area contributed by atoms with E-state index in [1.807, 2.05) is 0 Å². The van der Waals surface area contributed by atoms with Crippen LogP contribution in [0.4, 0.5) is 13.2 Å². The molecule has 1 fully saturated rings. The molecule has 0 atom stereocenters. The zero-order chi connectivity index (χ0) is 15.0. The van der Waals surface area contributed by atoms with Crippen LogP contribution in [0.2, 0.25) is 0 Å². The number of tetrazole rings is 1. The third-order valence-electron chi connectivity index (χ3n) is 3.16. The highest BCUT2D eigenvalue weighted by Gasteiger charge is 2.33. The zero-order valence-corrected chi connectivity index (χ0v) is 12.3. The summed E-state index contributed by atoms with van der Waals surface area (Å²) in [7, 11) is 0. The van der Waals surface area contributed by atoms with Crippen LogP contribution in [0.15, 0.2) is 22.7 Å². The molecule has 1 aliphatic carbocycles. The van der Waals surface area contributed by atoms with Gasteiger partial charge in [-0.25, -0.2) is 0 Å². The Bertz CT molecular complexity index is 651. The first-order valence-corrected chi connectivity index (χ1v) is 7.12. The molecule has 1 aromatic heterocycles. The van der Waals surface area contributed by atoms with Gasteiger partial charge in [0.1, 0.15) is 0 Å². The maximum atomic E-state index is 12.9. The van der Waals surface area contributed by atoms with E-state index in [4.69, 9.17) is 0 Å². The van der Waals surface area contributed by atoms with Gasteiger partial charge in [0.05, 0.1) is 17.8 Å². The van der Waals surface area contributed by atoms with Crippen molar-refractivity contribution in [1.29, 1.82) is 0 Å². The smallest absolute Gasteiger partial charge is 0.307 e. The van der Waals surface area contributed by atoms with Gasteiger partial charge in [-0.1, -0.05) is 15.9 Å². The van der Waals surface area contributed by atoms with E-state index in [0.717, 1.165) is 18.9 Å². The quantitative estimate of drug-likeness (QED) is 0.909. The average Bonchev–Trinajstić information content (AvgIpc) is 3.13. The van der Waals surface area contributed by atoms with Crippen LogP contribution in [0.3, 0.4) is 0 Å². The van der Waals surface area contributed by atoms with Crippen LogP contribution in [0.25, 0.3) is 5.69 Å². The van der Waals surface area contributed by atoms with Crippen LogP contribution in [-0.4, -0.2) is 26.2 Å². The predicted molar refractivity (Wildman–Crippen MR) is 71.7 cm³/mol. The van der Waals surface area contributed by atoms with Gasteiger partial charge in [0.15, 0.2) is 5.82 Å². The molecule has 21 heavy (non-hydrogen) atoms. The summed E-state index contributed by atoms with van der Waals surface area (Å²) in [5.74, 6) is 0.484. The first-order chi connectivity index (χ1) is 9.95. The summed E-state index contributed by atoms with van der Waals surface area (Å²) in [5, 5.41) is 14.4. The topological polar surface area (TPSA) is 55.6 Å². The van der Waals surface area contributed by atoms with E-state index in [-0.39, 0.29) is 10.2 Å². The number of alkyl halides is 3. The number of nitrogens with zero attached hydrogens (tertiary/aromatic N) is 4. The molecule has 0 unspecified atom stereocenters. The first-order valence-electron chi connectivity index (χ1n) is 6.33. The fraction of sp³-hybridized carbons (Fsp3) is 0.417. The molecule has 0 radical (unpaired) electrons. The summed E-state index contributed by atoms with van der Waals surface area (Å²) < 4.78 is 40.1. The summed E-state index contributed by atoms with van der Waals surface area (Å²) in [6, 6.07) is 4.38. The van der Waals surface area contributed by atoms with Gasteiger partial charge in [0.25, 0.3) is 0 Å². The molecule has 3 rings (SSSR count). The molecule has 2 aromatic rings. The van der Waals surface area contributed by atoms with Crippen molar-refractivity contribution in [2.45, 2.75) is 31.6 Å². The molecule has 1 aliphatic rings. The third kappa shape index (κ3) is 3.24. The van der Waals surface area contributed by atoms with Gasteiger partial charge in [-0.15, -0.1) is 5.10 Å². The molecule has 1 saturated carbocycles. The molecule has 0 bridgehead atoms. The summed E-state index contributed by atoms with van der Waals surface area (Å²) in [6.07, 6.45) is -2.22. The number of rotatable bonds is 4. The molecular formula is C12H11BrF3N5. The van der Waals surface area contributed by atoms with E-state index in [1.165, 1.54) is 16.8 Å². The predicted octanol–water partition coefficient (Wildman–Crippen LogP) is 2.70. The van der Waals surface area contributed by atoms with Crippen LogP contribution in [0, 0.1) is 0 Å². The van der Waals surface area contributed by atoms with Crippen molar-refractivity contribution >= 4 is 15.9 Å². The molecule has 0 saturated heterocycles. The number of benzene rings is 1. The van der Waals surface area contributed by atoms with Crippen LogP contribution >= 0.6 is 15.9 Å². The third-order valence-corrected chi connectivity index (χ3v) is 3.85. The minimum atomic E-state index is -4.44. The standard InChI is InChI=1S/C12H11BrF3N5/c13-10-4-3-8(5-9(10)12(14,15)16)21-11(18-19-20-21)6-17-7-1-2-7/h3-5,7,17H,1-2,6H2. The molecule has 112 valence electrons. The number of halogens is 4. The Kier molecular flexibility index (Phi) is 3.70. The summed E-state index contributed by atoms with van der Waals surface area (Å²) in [4.78, 5) is 0. The maximum absolute atomic E-state index is 12.9. The molecule has 1 N–H and O–H groups in total. The molecule has 1 heterocycles. The van der Waals surface area contributed by atoms with Crippen molar-refractivity contribution in [2.24, 2.45) is 0 Å². The summed E-state index contributed by atoms with van der Waals surface area (Å²) in [6.45, 7) is 0.426. The second-order valence-electron chi connectivity index (χ2n) is 4.82. The largest absolute Gasteiger partial charge is 0.417 e. The Morgan fingerprint density at radius 1 is 1.33 bits per heavy atom. The van der Waals surface area contributed by atoms with E-state index in [0.29, 0.717) is 18.4 Å². The lowest BCUT2D eigenvalue weighted by Crippen LogP contribution is -2.19. The monoisotopic (exact) mass is 361 g/mol. The lowest BCUT2D eigenvalue weighted by molar-refractivity contribution is -0.138. The van der Waals surface area contributed by atoms with E-state index >= 15 is 0 Å².